The van der Waals surface area contributed by atoms with Crippen molar-refractivity contribution in [2.24, 2.45) is 0 Å². The van der Waals surface area contributed by atoms with E-state index in [1.165, 1.54) is 5.56 Å². The lowest BCUT2D eigenvalue weighted by atomic mass is 10.0. The number of methoxy groups -OCH3 is 2. The summed E-state index contributed by atoms with van der Waals surface area (Å²) >= 11 is 0. The van der Waals surface area contributed by atoms with E-state index in [4.69, 9.17) is 9.47 Å². The molecule has 1 rings (SSSR count). The first-order valence-electron chi connectivity index (χ1n) is 4.86. The van der Waals surface area contributed by atoms with Gasteiger partial charge in [-0.25, -0.2) is 0 Å². The van der Waals surface area contributed by atoms with Crippen LogP contribution >= 0.6 is 0 Å². The standard InChI is InChI=1S/C12H18O2/c1-5-10-6-8-11(9-7-10)12(2,13-3)14-4/h6-9H,5H2,1-4H3. The van der Waals surface area contributed by atoms with Gasteiger partial charge in [-0.3, -0.25) is 0 Å². The molecule has 0 aromatic heterocycles. The van der Waals surface area contributed by atoms with Gasteiger partial charge in [-0.2, -0.15) is 0 Å². The van der Waals surface area contributed by atoms with Gasteiger partial charge in [-0.05, 0) is 18.9 Å². The third kappa shape index (κ3) is 2.14. The second-order valence-corrected chi connectivity index (χ2v) is 3.40. The number of hydrogen-bond acceptors (Lipinski definition) is 2. The van der Waals surface area contributed by atoms with E-state index in [-0.39, 0.29) is 0 Å². The van der Waals surface area contributed by atoms with Gasteiger partial charge in [0.2, 0.25) is 0 Å². The zero-order valence-corrected chi connectivity index (χ0v) is 9.33. The Balaban J connectivity index is 2.95. The highest BCUT2D eigenvalue weighted by Crippen LogP contribution is 2.25. The third-order valence-corrected chi connectivity index (χ3v) is 2.67. The lowest BCUT2D eigenvalue weighted by molar-refractivity contribution is -0.201. The SMILES string of the molecule is CCc1ccc(C(C)(OC)OC)cc1. The molecule has 0 saturated heterocycles. The van der Waals surface area contributed by atoms with Gasteiger partial charge in [0.1, 0.15) is 0 Å². The summed E-state index contributed by atoms with van der Waals surface area (Å²) in [5.74, 6) is -0.633. The molecule has 0 amide bonds. The normalized spacial score (nSPS) is 11.7. The summed E-state index contributed by atoms with van der Waals surface area (Å²) < 4.78 is 10.6. The van der Waals surface area contributed by atoms with Gasteiger partial charge < -0.3 is 9.47 Å². The van der Waals surface area contributed by atoms with Crippen LogP contribution in [0.4, 0.5) is 0 Å². The number of hydrogen-bond donors (Lipinski definition) is 0. The van der Waals surface area contributed by atoms with Crippen LogP contribution in [0.25, 0.3) is 0 Å². The molecule has 1 aromatic carbocycles. The molecule has 0 heterocycles. The fourth-order valence-electron chi connectivity index (χ4n) is 1.36. The minimum Gasteiger partial charge on any atom is -0.349 e. The fourth-order valence-corrected chi connectivity index (χ4v) is 1.36. The first-order valence-corrected chi connectivity index (χ1v) is 4.86. The minimum atomic E-state index is -0.633. The summed E-state index contributed by atoms with van der Waals surface area (Å²) in [6.07, 6.45) is 1.05. The zero-order valence-electron chi connectivity index (χ0n) is 9.33. The Hall–Kier alpha value is -0.860. The molecule has 0 atom stereocenters. The Morgan fingerprint density at radius 1 is 1.07 bits per heavy atom. The number of aryl methyl sites for hydroxylation is 1. The van der Waals surface area contributed by atoms with Crippen molar-refractivity contribution in [1.29, 1.82) is 0 Å². The Morgan fingerprint density at radius 3 is 1.93 bits per heavy atom. The van der Waals surface area contributed by atoms with Crippen molar-refractivity contribution in [2.45, 2.75) is 26.1 Å². The molecule has 14 heavy (non-hydrogen) atoms. The van der Waals surface area contributed by atoms with Crippen LogP contribution in [0.5, 0.6) is 0 Å². The van der Waals surface area contributed by atoms with Crippen LogP contribution in [0.1, 0.15) is 25.0 Å². The van der Waals surface area contributed by atoms with E-state index in [1.54, 1.807) is 14.2 Å². The maximum atomic E-state index is 5.32. The van der Waals surface area contributed by atoms with E-state index >= 15 is 0 Å². The van der Waals surface area contributed by atoms with Crippen LogP contribution in [0.3, 0.4) is 0 Å². The first kappa shape index (κ1) is 11.2. The summed E-state index contributed by atoms with van der Waals surface area (Å²) in [5.41, 5.74) is 2.36. The minimum absolute atomic E-state index is 0.633. The van der Waals surface area contributed by atoms with E-state index < -0.39 is 5.79 Å². The van der Waals surface area contributed by atoms with Crippen molar-refractivity contribution in [3.63, 3.8) is 0 Å². The lowest BCUT2D eigenvalue weighted by Gasteiger charge is -2.26. The summed E-state index contributed by atoms with van der Waals surface area (Å²) in [6.45, 7) is 4.05. The molecule has 0 aliphatic heterocycles. The summed E-state index contributed by atoms with van der Waals surface area (Å²) in [4.78, 5) is 0. The second-order valence-electron chi connectivity index (χ2n) is 3.40. The van der Waals surface area contributed by atoms with Gasteiger partial charge in [-0.1, -0.05) is 31.2 Å². The van der Waals surface area contributed by atoms with Crippen LogP contribution in [-0.4, -0.2) is 14.2 Å². The molecule has 0 saturated carbocycles. The highest BCUT2D eigenvalue weighted by Gasteiger charge is 2.24. The van der Waals surface area contributed by atoms with E-state index in [9.17, 15) is 0 Å². The molecule has 0 radical (unpaired) electrons. The quantitative estimate of drug-likeness (QED) is 0.686. The second kappa shape index (κ2) is 4.58. The number of ether oxygens (including phenoxy) is 2. The Labute approximate surface area is 85.8 Å². The fraction of sp³-hybridized carbons (Fsp3) is 0.500. The molecule has 2 nitrogen and oxygen atoms in total. The third-order valence-electron chi connectivity index (χ3n) is 2.67. The number of benzene rings is 1. The van der Waals surface area contributed by atoms with Gasteiger partial charge in [0.05, 0.1) is 0 Å². The van der Waals surface area contributed by atoms with Crippen LogP contribution < -0.4 is 0 Å². The summed E-state index contributed by atoms with van der Waals surface area (Å²) in [7, 11) is 3.30. The largest absolute Gasteiger partial charge is 0.349 e. The Bertz CT molecular complexity index is 273. The molecular weight excluding hydrogens is 176 g/mol. The van der Waals surface area contributed by atoms with Gasteiger partial charge in [-0.15, -0.1) is 0 Å². The van der Waals surface area contributed by atoms with E-state index in [0.717, 1.165) is 12.0 Å². The highest BCUT2D eigenvalue weighted by atomic mass is 16.7. The van der Waals surface area contributed by atoms with E-state index in [0.29, 0.717) is 0 Å². The maximum Gasteiger partial charge on any atom is 0.191 e. The molecular formula is C12H18O2. The van der Waals surface area contributed by atoms with Gasteiger partial charge in [0.25, 0.3) is 0 Å². The molecule has 0 N–H and O–H groups in total. The molecule has 0 spiro atoms. The molecule has 0 fully saturated rings. The molecule has 0 unspecified atom stereocenters. The van der Waals surface area contributed by atoms with Gasteiger partial charge >= 0.3 is 0 Å². The van der Waals surface area contributed by atoms with Crippen molar-refractivity contribution in [2.75, 3.05) is 14.2 Å². The Morgan fingerprint density at radius 2 is 1.57 bits per heavy atom. The first-order chi connectivity index (χ1) is 6.66. The molecule has 0 bridgehead atoms. The van der Waals surface area contributed by atoms with Crippen LogP contribution in [0, 0.1) is 0 Å². The molecule has 0 aliphatic carbocycles. The predicted octanol–water partition coefficient (Wildman–Crippen LogP) is 2.71. The average Bonchev–Trinajstić information content (AvgIpc) is 2.28. The monoisotopic (exact) mass is 194 g/mol. The van der Waals surface area contributed by atoms with Crippen molar-refractivity contribution in [3.8, 4) is 0 Å². The molecule has 2 heteroatoms. The maximum absolute atomic E-state index is 5.32. The summed E-state index contributed by atoms with van der Waals surface area (Å²) in [5, 5.41) is 0. The summed E-state index contributed by atoms with van der Waals surface area (Å²) in [6, 6.07) is 8.30. The molecule has 78 valence electrons. The zero-order chi connectivity index (χ0) is 10.6. The van der Waals surface area contributed by atoms with E-state index in [2.05, 4.69) is 19.1 Å². The van der Waals surface area contributed by atoms with Crippen molar-refractivity contribution < 1.29 is 9.47 Å². The smallest absolute Gasteiger partial charge is 0.191 e. The highest BCUT2D eigenvalue weighted by molar-refractivity contribution is 5.25. The van der Waals surface area contributed by atoms with Crippen LogP contribution in [0.15, 0.2) is 24.3 Å². The average molecular weight is 194 g/mol. The van der Waals surface area contributed by atoms with Crippen LogP contribution in [-0.2, 0) is 21.7 Å². The van der Waals surface area contributed by atoms with Gasteiger partial charge in [0, 0.05) is 19.8 Å². The van der Waals surface area contributed by atoms with Crippen molar-refractivity contribution in [3.05, 3.63) is 35.4 Å². The van der Waals surface area contributed by atoms with Crippen molar-refractivity contribution >= 4 is 0 Å². The topological polar surface area (TPSA) is 18.5 Å². The predicted molar refractivity (Wildman–Crippen MR) is 57.2 cm³/mol. The lowest BCUT2D eigenvalue weighted by Crippen LogP contribution is -2.26. The Kier molecular flexibility index (Phi) is 3.67. The van der Waals surface area contributed by atoms with Gasteiger partial charge in [0.15, 0.2) is 5.79 Å². The van der Waals surface area contributed by atoms with E-state index in [1.807, 2.05) is 19.1 Å². The van der Waals surface area contributed by atoms with Crippen molar-refractivity contribution in [1.82, 2.24) is 0 Å². The molecule has 0 aliphatic rings. The molecule has 1 aromatic rings. The van der Waals surface area contributed by atoms with Crippen LogP contribution in [0.2, 0.25) is 0 Å². The number of rotatable bonds is 4.